The van der Waals surface area contributed by atoms with Crippen LogP contribution in [0, 0.1) is 0 Å². The highest BCUT2D eigenvalue weighted by molar-refractivity contribution is 9.10. The SMILES string of the molecule is CCOc1cc(C=NNC(=O)c2[nH]c3ccc(Br)cc3c2-c2ccccc2)ccc1OC(=O)c1ccco1. The van der Waals surface area contributed by atoms with Crippen molar-refractivity contribution >= 4 is 44.9 Å². The number of carbonyl (C=O) groups excluding carboxylic acids is 2. The number of benzene rings is 3. The fourth-order valence-corrected chi connectivity index (χ4v) is 4.32. The molecule has 0 aliphatic rings. The molecule has 2 heterocycles. The van der Waals surface area contributed by atoms with Crippen LogP contribution in [-0.2, 0) is 0 Å². The van der Waals surface area contributed by atoms with Gasteiger partial charge in [-0.15, -0.1) is 0 Å². The largest absolute Gasteiger partial charge is 0.490 e. The third-order valence-corrected chi connectivity index (χ3v) is 6.12. The van der Waals surface area contributed by atoms with Crippen LogP contribution < -0.4 is 14.9 Å². The molecular formula is C29H22BrN3O5. The molecule has 0 unspecified atom stereocenters. The van der Waals surface area contributed by atoms with Crippen LogP contribution in [0.15, 0.2) is 99.1 Å². The molecule has 0 spiro atoms. The lowest BCUT2D eigenvalue weighted by Crippen LogP contribution is -2.18. The maximum absolute atomic E-state index is 13.2. The number of hydrazone groups is 1. The molecular weight excluding hydrogens is 550 g/mol. The monoisotopic (exact) mass is 571 g/mol. The quantitative estimate of drug-likeness (QED) is 0.0947. The molecule has 0 fully saturated rings. The van der Waals surface area contributed by atoms with Crippen molar-refractivity contribution in [2.24, 2.45) is 5.10 Å². The molecule has 0 aliphatic carbocycles. The normalized spacial score (nSPS) is 11.1. The first kappa shape index (κ1) is 25.0. The summed E-state index contributed by atoms with van der Waals surface area (Å²) in [6.07, 6.45) is 2.88. The second-order valence-electron chi connectivity index (χ2n) is 8.14. The van der Waals surface area contributed by atoms with Gasteiger partial charge in [0.1, 0.15) is 5.69 Å². The minimum atomic E-state index is -0.635. The van der Waals surface area contributed by atoms with E-state index < -0.39 is 5.97 Å². The number of hydrogen-bond donors (Lipinski definition) is 2. The number of carbonyl (C=O) groups is 2. The van der Waals surface area contributed by atoms with Crippen LogP contribution in [0.4, 0.5) is 0 Å². The Morgan fingerprint density at radius 3 is 2.63 bits per heavy atom. The van der Waals surface area contributed by atoms with Gasteiger partial charge in [0.05, 0.1) is 19.1 Å². The molecule has 9 heteroatoms. The van der Waals surface area contributed by atoms with E-state index in [1.54, 1.807) is 24.3 Å². The molecule has 5 rings (SSSR count). The third kappa shape index (κ3) is 5.37. The second kappa shape index (κ2) is 11.2. The molecule has 5 aromatic rings. The summed E-state index contributed by atoms with van der Waals surface area (Å²) in [7, 11) is 0. The Balaban J connectivity index is 1.37. The maximum atomic E-state index is 13.2. The van der Waals surface area contributed by atoms with E-state index in [0.717, 1.165) is 26.5 Å². The minimum Gasteiger partial charge on any atom is -0.490 e. The first-order chi connectivity index (χ1) is 18.5. The van der Waals surface area contributed by atoms with E-state index in [0.29, 0.717) is 23.6 Å². The number of aromatic nitrogens is 1. The summed E-state index contributed by atoms with van der Waals surface area (Å²) in [6.45, 7) is 2.18. The van der Waals surface area contributed by atoms with Crippen LogP contribution in [0.25, 0.3) is 22.0 Å². The van der Waals surface area contributed by atoms with Crippen LogP contribution in [-0.4, -0.2) is 29.7 Å². The number of nitrogens with one attached hydrogen (secondary N) is 2. The third-order valence-electron chi connectivity index (χ3n) is 5.62. The number of halogens is 1. The highest BCUT2D eigenvalue weighted by Crippen LogP contribution is 2.34. The van der Waals surface area contributed by atoms with Crippen molar-refractivity contribution in [1.82, 2.24) is 10.4 Å². The zero-order chi connectivity index (χ0) is 26.5. The van der Waals surface area contributed by atoms with Crippen molar-refractivity contribution in [1.29, 1.82) is 0 Å². The zero-order valence-corrected chi connectivity index (χ0v) is 21.8. The first-order valence-corrected chi connectivity index (χ1v) is 12.6. The average Bonchev–Trinajstić information content (AvgIpc) is 3.59. The van der Waals surface area contributed by atoms with Gasteiger partial charge in [-0.1, -0.05) is 46.3 Å². The number of amides is 1. The first-order valence-electron chi connectivity index (χ1n) is 11.8. The molecule has 1 amide bonds. The van der Waals surface area contributed by atoms with Crippen molar-refractivity contribution in [2.45, 2.75) is 6.92 Å². The summed E-state index contributed by atoms with van der Waals surface area (Å²) < 4.78 is 17.0. The molecule has 0 atom stereocenters. The van der Waals surface area contributed by atoms with E-state index in [4.69, 9.17) is 13.9 Å². The lowest BCUT2D eigenvalue weighted by atomic mass is 10.0. The molecule has 3 aromatic carbocycles. The van der Waals surface area contributed by atoms with Gasteiger partial charge in [-0.3, -0.25) is 4.79 Å². The average molecular weight is 572 g/mol. The van der Waals surface area contributed by atoms with Gasteiger partial charge in [0.2, 0.25) is 5.76 Å². The van der Waals surface area contributed by atoms with Gasteiger partial charge in [0.15, 0.2) is 11.5 Å². The van der Waals surface area contributed by atoms with Crippen molar-refractivity contribution in [2.75, 3.05) is 6.61 Å². The number of esters is 1. The Morgan fingerprint density at radius 1 is 1.03 bits per heavy atom. The Bertz CT molecular complexity index is 1630. The maximum Gasteiger partial charge on any atom is 0.379 e. The van der Waals surface area contributed by atoms with E-state index in [1.165, 1.54) is 18.5 Å². The smallest absolute Gasteiger partial charge is 0.379 e. The summed E-state index contributed by atoms with van der Waals surface area (Å²) in [5.74, 6) is -0.341. The molecule has 8 nitrogen and oxygen atoms in total. The van der Waals surface area contributed by atoms with E-state index in [1.807, 2.05) is 55.5 Å². The second-order valence-corrected chi connectivity index (χ2v) is 9.05. The number of ether oxygens (including phenoxy) is 2. The summed E-state index contributed by atoms with van der Waals surface area (Å²) >= 11 is 3.52. The number of fused-ring (bicyclic) bond motifs is 1. The zero-order valence-electron chi connectivity index (χ0n) is 20.2. The predicted molar refractivity (Wildman–Crippen MR) is 148 cm³/mol. The molecule has 38 heavy (non-hydrogen) atoms. The molecule has 0 saturated heterocycles. The van der Waals surface area contributed by atoms with E-state index in [9.17, 15) is 9.59 Å². The van der Waals surface area contributed by atoms with Crippen LogP contribution in [0.5, 0.6) is 11.5 Å². The lowest BCUT2D eigenvalue weighted by Gasteiger charge is -2.10. The van der Waals surface area contributed by atoms with Gasteiger partial charge < -0.3 is 18.9 Å². The van der Waals surface area contributed by atoms with Gasteiger partial charge in [-0.25, -0.2) is 10.2 Å². The number of rotatable bonds is 8. The fraction of sp³-hybridized carbons (Fsp3) is 0.0690. The Kier molecular flexibility index (Phi) is 7.37. The highest BCUT2D eigenvalue weighted by atomic mass is 79.9. The molecule has 0 radical (unpaired) electrons. The fourth-order valence-electron chi connectivity index (χ4n) is 3.96. The molecule has 0 aliphatic heterocycles. The van der Waals surface area contributed by atoms with E-state index >= 15 is 0 Å². The summed E-state index contributed by atoms with van der Waals surface area (Å²) in [4.78, 5) is 28.7. The van der Waals surface area contributed by atoms with Gasteiger partial charge in [0, 0.05) is 20.9 Å². The van der Waals surface area contributed by atoms with Crippen molar-refractivity contribution < 1.29 is 23.5 Å². The molecule has 0 saturated carbocycles. The Labute approximate surface area is 226 Å². The molecule has 2 aromatic heterocycles. The summed E-state index contributed by atoms with van der Waals surface area (Å²) in [6, 6.07) is 23.6. The summed E-state index contributed by atoms with van der Waals surface area (Å²) in [5.41, 5.74) is 6.17. The topological polar surface area (TPSA) is 106 Å². The summed E-state index contributed by atoms with van der Waals surface area (Å²) in [5, 5.41) is 5.06. The number of H-pyrrole nitrogens is 1. The van der Waals surface area contributed by atoms with E-state index in [-0.39, 0.29) is 17.4 Å². The van der Waals surface area contributed by atoms with Gasteiger partial charge in [-0.05, 0) is 66.6 Å². The van der Waals surface area contributed by atoms with Crippen molar-refractivity contribution in [3.63, 3.8) is 0 Å². The lowest BCUT2D eigenvalue weighted by molar-refractivity contribution is 0.0695. The Morgan fingerprint density at radius 2 is 1.87 bits per heavy atom. The molecule has 190 valence electrons. The predicted octanol–water partition coefficient (Wildman–Crippen LogP) is 6.57. The van der Waals surface area contributed by atoms with Gasteiger partial charge in [-0.2, -0.15) is 5.10 Å². The molecule has 2 N–H and O–H groups in total. The van der Waals surface area contributed by atoms with Crippen LogP contribution in [0.3, 0.4) is 0 Å². The highest BCUT2D eigenvalue weighted by Gasteiger charge is 2.19. The van der Waals surface area contributed by atoms with Crippen LogP contribution >= 0.6 is 15.9 Å². The minimum absolute atomic E-state index is 0.0833. The van der Waals surface area contributed by atoms with E-state index in [2.05, 4.69) is 31.4 Å². The number of hydrogen-bond acceptors (Lipinski definition) is 6. The number of nitrogens with zero attached hydrogens (tertiary/aromatic N) is 1. The van der Waals surface area contributed by atoms with Gasteiger partial charge >= 0.3 is 5.97 Å². The van der Waals surface area contributed by atoms with Gasteiger partial charge in [0.25, 0.3) is 5.91 Å². The van der Waals surface area contributed by atoms with Crippen molar-refractivity contribution in [3.8, 4) is 22.6 Å². The Hall–Kier alpha value is -4.63. The standard InChI is InChI=1S/C29H22BrN3O5/c1-2-36-25-15-18(10-13-23(25)38-29(35)24-9-6-14-37-24)17-31-33-28(34)27-26(19-7-4-3-5-8-19)21-16-20(30)11-12-22(21)32-27/h3-17,32H,2H2,1H3,(H,33,34). The number of furan rings is 1. The van der Waals surface area contributed by atoms with Crippen molar-refractivity contribution in [3.05, 3.63) is 107 Å². The molecule has 0 bridgehead atoms. The van der Waals surface area contributed by atoms with Crippen LogP contribution in [0.1, 0.15) is 33.5 Å². The number of aromatic amines is 1. The van der Waals surface area contributed by atoms with Crippen LogP contribution in [0.2, 0.25) is 0 Å².